The zero-order chi connectivity index (χ0) is 14.5. The van der Waals surface area contributed by atoms with E-state index in [2.05, 4.69) is 20.6 Å². The lowest BCUT2D eigenvalue weighted by Gasteiger charge is -2.04. The van der Waals surface area contributed by atoms with Gasteiger partial charge in [0.1, 0.15) is 10.7 Å². The third-order valence-electron chi connectivity index (χ3n) is 2.45. The van der Waals surface area contributed by atoms with Crippen LogP contribution in [0.1, 0.15) is 29.1 Å². The highest BCUT2D eigenvalue weighted by Crippen LogP contribution is 2.25. The van der Waals surface area contributed by atoms with E-state index in [-0.39, 0.29) is 17.8 Å². The van der Waals surface area contributed by atoms with Gasteiger partial charge in [-0.15, -0.1) is 0 Å². The molecule has 0 aliphatic heterocycles. The molecule has 6 nitrogen and oxygen atoms in total. The summed E-state index contributed by atoms with van der Waals surface area (Å²) in [6.45, 7) is 4.41. The van der Waals surface area contributed by atoms with Gasteiger partial charge in [0.05, 0.1) is 0 Å². The van der Waals surface area contributed by atoms with Gasteiger partial charge in [-0.2, -0.15) is 0 Å². The van der Waals surface area contributed by atoms with Crippen LogP contribution in [0.15, 0.2) is 24.5 Å². The molecule has 0 radical (unpaired) electrons. The van der Waals surface area contributed by atoms with Gasteiger partial charge in [0.2, 0.25) is 0 Å². The molecule has 2 aromatic heterocycles. The van der Waals surface area contributed by atoms with E-state index in [1.165, 1.54) is 11.3 Å². The molecule has 0 saturated carbocycles. The number of nitrogen functional groups attached to an aromatic ring is 1. The van der Waals surface area contributed by atoms with Crippen molar-refractivity contribution in [3.05, 3.63) is 35.0 Å². The van der Waals surface area contributed by atoms with E-state index in [0.29, 0.717) is 16.6 Å². The van der Waals surface area contributed by atoms with Crippen molar-refractivity contribution in [3.8, 4) is 0 Å². The largest absolute Gasteiger partial charge is 0.382 e. The molecular weight excluding hydrogens is 274 g/mol. The Morgan fingerprint density at radius 2 is 2.30 bits per heavy atom. The predicted molar refractivity (Wildman–Crippen MR) is 80.7 cm³/mol. The van der Waals surface area contributed by atoms with Crippen LogP contribution in [-0.2, 0) is 6.54 Å². The second-order valence-electron chi connectivity index (χ2n) is 4.58. The van der Waals surface area contributed by atoms with Crippen molar-refractivity contribution in [2.45, 2.75) is 26.4 Å². The number of aromatic nitrogens is 2. The van der Waals surface area contributed by atoms with E-state index >= 15 is 0 Å². The molecule has 2 aromatic rings. The van der Waals surface area contributed by atoms with Crippen LogP contribution >= 0.6 is 11.3 Å². The first-order chi connectivity index (χ1) is 9.56. The molecule has 2 heterocycles. The van der Waals surface area contributed by atoms with E-state index < -0.39 is 0 Å². The molecule has 4 N–H and O–H groups in total. The highest BCUT2D eigenvalue weighted by molar-refractivity contribution is 7.18. The molecular formula is C13H17N5OS. The second-order valence-corrected chi connectivity index (χ2v) is 5.58. The molecule has 0 aromatic carbocycles. The molecule has 20 heavy (non-hydrogen) atoms. The zero-order valence-corrected chi connectivity index (χ0v) is 12.2. The fraction of sp³-hybridized carbons (Fsp3) is 0.308. The first kappa shape index (κ1) is 14.3. The number of carbonyl (C=O) groups excluding carboxylic acids is 1. The van der Waals surface area contributed by atoms with Gasteiger partial charge in [0, 0.05) is 25.0 Å². The van der Waals surface area contributed by atoms with Crippen LogP contribution in [0.5, 0.6) is 0 Å². The fourth-order valence-electron chi connectivity index (χ4n) is 1.57. The third kappa shape index (κ3) is 3.67. The fourth-order valence-corrected chi connectivity index (χ4v) is 2.52. The van der Waals surface area contributed by atoms with Crippen molar-refractivity contribution in [2.24, 2.45) is 0 Å². The summed E-state index contributed by atoms with van der Waals surface area (Å²) in [4.78, 5) is 20.6. The Balaban J connectivity index is 2.00. The highest BCUT2D eigenvalue weighted by Gasteiger charge is 2.16. The number of thiazole rings is 1. The van der Waals surface area contributed by atoms with Gasteiger partial charge in [-0.1, -0.05) is 17.4 Å². The molecule has 0 unspecified atom stereocenters. The van der Waals surface area contributed by atoms with E-state index in [9.17, 15) is 4.79 Å². The summed E-state index contributed by atoms with van der Waals surface area (Å²) in [6, 6.07) is 3.97. The Bertz CT molecular complexity index is 582. The molecule has 0 saturated heterocycles. The van der Waals surface area contributed by atoms with Crippen LogP contribution < -0.4 is 16.4 Å². The lowest BCUT2D eigenvalue weighted by molar-refractivity contribution is 0.0955. The van der Waals surface area contributed by atoms with Crippen LogP contribution in [0.25, 0.3) is 0 Å². The monoisotopic (exact) mass is 291 g/mol. The maximum Gasteiger partial charge on any atom is 0.265 e. The van der Waals surface area contributed by atoms with Crippen LogP contribution in [0.4, 0.5) is 10.9 Å². The number of amides is 1. The van der Waals surface area contributed by atoms with Gasteiger partial charge < -0.3 is 16.4 Å². The van der Waals surface area contributed by atoms with Crippen molar-refractivity contribution in [3.63, 3.8) is 0 Å². The van der Waals surface area contributed by atoms with Crippen LogP contribution in [0.3, 0.4) is 0 Å². The number of pyridine rings is 1. The average molecular weight is 291 g/mol. The highest BCUT2D eigenvalue weighted by atomic mass is 32.1. The van der Waals surface area contributed by atoms with E-state index in [1.54, 1.807) is 12.4 Å². The molecule has 7 heteroatoms. The predicted octanol–water partition coefficient (Wildman–Crippen LogP) is 1.87. The molecule has 0 fully saturated rings. The van der Waals surface area contributed by atoms with E-state index in [0.717, 1.165) is 5.56 Å². The summed E-state index contributed by atoms with van der Waals surface area (Å²) in [5.41, 5.74) is 6.71. The number of nitrogens with zero attached hydrogens (tertiary/aromatic N) is 2. The van der Waals surface area contributed by atoms with Crippen molar-refractivity contribution < 1.29 is 4.79 Å². The van der Waals surface area contributed by atoms with Gasteiger partial charge in [0.15, 0.2) is 5.13 Å². The number of carbonyl (C=O) groups is 1. The summed E-state index contributed by atoms with van der Waals surface area (Å²) in [7, 11) is 0. The number of hydrogen-bond donors (Lipinski definition) is 3. The Morgan fingerprint density at radius 1 is 1.50 bits per heavy atom. The van der Waals surface area contributed by atoms with Gasteiger partial charge >= 0.3 is 0 Å². The lowest BCUT2D eigenvalue weighted by atomic mass is 10.3. The second kappa shape index (κ2) is 6.33. The third-order valence-corrected chi connectivity index (χ3v) is 3.45. The molecule has 1 amide bonds. The summed E-state index contributed by atoms with van der Waals surface area (Å²) in [5, 5.41) is 6.59. The summed E-state index contributed by atoms with van der Waals surface area (Å²) < 4.78 is 0. The summed E-state index contributed by atoms with van der Waals surface area (Å²) >= 11 is 1.26. The van der Waals surface area contributed by atoms with Crippen molar-refractivity contribution in [1.29, 1.82) is 0 Å². The van der Waals surface area contributed by atoms with Crippen LogP contribution in [0.2, 0.25) is 0 Å². The van der Waals surface area contributed by atoms with Crippen molar-refractivity contribution in [1.82, 2.24) is 15.3 Å². The molecule has 0 bridgehead atoms. The number of hydrogen-bond acceptors (Lipinski definition) is 6. The topological polar surface area (TPSA) is 92.9 Å². The Hall–Kier alpha value is -2.15. The van der Waals surface area contributed by atoms with Gasteiger partial charge in [-0.25, -0.2) is 4.98 Å². The Morgan fingerprint density at radius 3 is 2.95 bits per heavy atom. The maximum absolute atomic E-state index is 12.1. The molecule has 0 aliphatic rings. The number of nitrogens with one attached hydrogen (secondary N) is 2. The first-order valence-corrected chi connectivity index (χ1v) is 7.08. The summed E-state index contributed by atoms with van der Waals surface area (Å²) in [6.07, 6.45) is 3.40. The molecule has 106 valence electrons. The normalized spacial score (nSPS) is 10.6. The summed E-state index contributed by atoms with van der Waals surface area (Å²) in [5.74, 6) is 0.0301. The molecule has 0 aliphatic carbocycles. The average Bonchev–Trinajstić information content (AvgIpc) is 2.77. The lowest BCUT2D eigenvalue weighted by Crippen LogP contribution is -2.22. The SMILES string of the molecule is CC(C)Nc1nc(N)c(C(=O)NCc2cccnc2)s1. The van der Waals surface area contributed by atoms with Crippen molar-refractivity contribution in [2.75, 3.05) is 11.1 Å². The minimum atomic E-state index is -0.222. The minimum absolute atomic E-state index is 0.222. The maximum atomic E-state index is 12.1. The van der Waals surface area contributed by atoms with E-state index in [4.69, 9.17) is 5.73 Å². The smallest absolute Gasteiger partial charge is 0.265 e. The van der Waals surface area contributed by atoms with Crippen LogP contribution in [-0.4, -0.2) is 21.9 Å². The number of nitrogens with two attached hydrogens (primary N) is 1. The Kier molecular flexibility index (Phi) is 4.52. The molecule has 0 spiro atoms. The van der Waals surface area contributed by atoms with Crippen molar-refractivity contribution >= 4 is 28.2 Å². The Labute approximate surface area is 121 Å². The quantitative estimate of drug-likeness (QED) is 0.782. The van der Waals surface area contributed by atoms with Gasteiger partial charge in [-0.05, 0) is 25.5 Å². The van der Waals surface area contributed by atoms with Gasteiger partial charge in [-0.3, -0.25) is 9.78 Å². The van der Waals surface area contributed by atoms with Gasteiger partial charge in [0.25, 0.3) is 5.91 Å². The first-order valence-electron chi connectivity index (χ1n) is 6.26. The minimum Gasteiger partial charge on any atom is -0.382 e. The molecule has 0 atom stereocenters. The number of anilines is 2. The number of rotatable bonds is 5. The van der Waals surface area contributed by atoms with Crippen LogP contribution in [0, 0.1) is 0 Å². The van der Waals surface area contributed by atoms with E-state index in [1.807, 2.05) is 26.0 Å². The zero-order valence-electron chi connectivity index (χ0n) is 11.4. The molecule has 2 rings (SSSR count). The standard InChI is InChI=1S/C13H17N5OS/c1-8(2)17-13-18-11(14)10(20-13)12(19)16-7-9-4-3-5-15-6-9/h3-6,8H,7,14H2,1-2H3,(H,16,19)(H,17,18).